The number of rotatable bonds is 7. The molecule has 102 valence electrons. The normalized spacial score (nSPS) is 18.3. The zero-order chi connectivity index (χ0) is 12.8. The largest absolute Gasteiger partial charge is 0.390 e. The van der Waals surface area contributed by atoms with Crippen molar-refractivity contribution < 1.29 is 5.11 Å². The van der Waals surface area contributed by atoms with Gasteiger partial charge in [-0.1, -0.05) is 0 Å². The first kappa shape index (κ1) is 13.9. The van der Waals surface area contributed by atoms with E-state index in [1.165, 1.54) is 12.8 Å². The summed E-state index contributed by atoms with van der Waals surface area (Å²) >= 11 is 1.70. The highest BCUT2D eigenvalue weighted by atomic mass is 32.1. The lowest BCUT2D eigenvalue weighted by atomic mass is 10.3. The molecule has 1 unspecified atom stereocenters. The van der Waals surface area contributed by atoms with Gasteiger partial charge in [-0.3, -0.25) is 0 Å². The third-order valence-electron chi connectivity index (χ3n) is 3.27. The summed E-state index contributed by atoms with van der Waals surface area (Å²) in [7, 11) is 0. The summed E-state index contributed by atoms with van der Waals surface area (Å²) in [6.07, 6.45) is 3.26. The summed E-state index contributed by atoms with van der Waals surface area (Å²) in [5, 5.41) is 16.4. The average molecular weight is 269 g/mol. The molecule has 0 radical (unpaired) electrons. The van der Waals surface area contributed by atoms with Gasteiger partial charge in [-0.25, -0.2) is 4.98 Å². The highest BCUT2D eigenvalue weighted by Crippen LogP contribution is 2.08. The SMILES string of the molecule is Cc1nc(CCNCC(O)CN2CCCC2)cs1. The van der Waals surface area contributed by atoms with Gasteiger partial charge in [0.2, 0.25) is 0 Å². The number of aliphatic hydroxyl groups is 1. The molecule has 0 aliphatic carbocycles. The van der Waals surface area contributed by atoms with E-state index in [4.69, 9.17) is 0 Å². The molecule has 0 spiro atoms. The van der Waals surface area contributed by atoms with E-state index in [1.54, 1.807) is 11.3 Å². The molecule has 4 nitrogen and oxygen atoms in total. The van der Waals surface area contributed by atoms with E-state index in [0.717, 1.165) is 43.3 Å². The van der Waals surface area contributed by atoms with Gasteiger partial charge in [0.1, 0.15) is 0 Å². The molecule has 1 aromatic heterocycles. The molecule has 0 saturated carbocycles. The molecule has 1 aliphatic rings. The lowest BCUT2D eigenvalue weighted by Gasteiger charge is -2.19. The Morgan fingerprint density at radius 3 is 2.94 bits per heavy atom. The second-order valence-electron chi connectivity index (χ2n) is 4.97. The Balaban J connectivity index is 1.54. The number of nitrogens with zero attached hydrogens (tertiary/aromatic N) is 2. The van der Waals surface area contributed by atoms with Crippen LogP contribution in [0.1, 0.15) is 23.5 Å². The van der Waals surface area contributed by atoms with E-state index < -0.39 is 0 Å². The number of hydrogen-bond donors (Lipinski definition) is 2. The molecule has 0 amide bonds. The second kappa shape index (κ2) is 7.19. The van der Waals surface area contributed by atoms with Crippen LogP contribution in [0.25, 0.3) is 0 Å². The summed E-state index contributed by atoms with van der Waals surface area (Å²) in [6, 6.07) is 0. The van der Waals surface area contributed by atoms with Gasteiger partial charge >= 0.3 is 0 Å². The van der Waals surface area contributed by atoms with Crippen molar-refractivity contribution in [3.63, 3.8) is 0 Å². The Hall–Kier alpha value is -0.490. The highest BCUT2D eigenvalue weighted by molar-refractivity contribution is 7.09. The molecule has 1 atom stereocenters. The van der Waals surface area contributed by atoms with Crippen LogP contribution in [0.4, 0.5) is 0 Å². The maximum Gasteiger partial charge on any atom is 0.0897 e. The summed E-state index contributed by atoms with van der Waals surface area (Å²) in [5.74, 6) is 0. The van der Waals surface area contributed by atoms with E-state index in [9.17, 15) is 5.11 Å². The maximum atomic E-state index is 9.89. The van der Waals surface area contributed by atoms with Gasteiger partial charge in [-0.05, 0) is 32.9 Å². The molecule has 0 bridgehead atoms. The van der Waals surface area contributed by atoms with E-state index in [2.05, 4.69) is 20.6 Å². The van der Waals surface area contributed by atoms with Crippen LogP contribution in [0.3, 0.4) is 0 Å². The number of nitrogens with one attached hydrogen (secondary N) is 1. The summed E-state index contributed by atoms with van der Waals surface area (Å²) < 4.78 is 0. The predicted molar refractivity (Wildman–Crippen MR) is 75.1 cm³/mol. The van der Waals surface area contributed by atoms with Crippen molar-refractivity contribution >= 4 is 11.3 Å². The van der Waals surface area contributed by atoms with Crippen LogP contribution in [0.2, 0.25) is 0 Å². The minimum atomic E-state index is -0.250. The van der Waals surface area contributed by atoms with E-state index in [0.29, 0.717) is 6.54 Å². The third kappa shape index (κ3) is 4.65. The number of β-amino-alcohol motifs (C(OH)–C–C–N with tert-alkyl or cyclic N) is 1. The smallest absolute Gasteiger partial charge is 0.0897 e. The topological polar surface area (TPSA) is 48.4 Å². The van der Waals surface area contributed by atoms with E-state index in [1.807, 2.05) is 6.92 Å². The van der Waals surface area contributed by atoms with Crippen LogP contribution in [0.15, 0.2) is 5.38 Å². The van der Waals surface area contributed by atoms with Crippen LogP contribution in [0.5, 0.6) is 0 Å². The second-order valence-corrected chi connectivity index (χ2v) is 6.04. The van der Waals surface area contributed by atoms with Crippen LogP contribution in [0, 0.1) is 6.92 Å². The lowest BCUT2D eigenvalue weighted by molar-refractivity contribution is 0.124. The highest BCUT2D eigenvalue weighted by Gasteiger charge is 2.15. The lowest BCUT2D eigenvalue weighted by Crippen LogP contribution is -2.37. The first-order chi connectivity index (χ1) is 8.74. The van der Waals surface area contributed by atoms with Gasteiger partial charge < -0.3 is 15.3 Å². The molecule has 2 heterocycles. The molecule has 2 N–H and O–H groups in total. The van der Waals surface area contributed by atoms with Gasteiger partial charge in [-0.15, -0.1) is 11.3 Å². The zero-order valence-corrected chi connectivity index (χ0v) is 11.9. The molecule has 1 aliphatic heterocycles. The molecule has 5 heteroatoms. The van der Waals surface area contributed by atoms with Crippen molar-refractivity contribution in [1.29, 1.82) is 0 Å². The zero-order valence-electron chi connectivity index (χ0n) is 11.1. The predicted octanol–water partition coefficient (Wildman–Crippen LogP) is 1.04. The maximum absolute atomic E-state index is 9.89. The number of aromatic nitrogens is 1. The fourth-order valence-corrected chi connectivity index (χ4v) is 2.98. The van der Waals surface area contributed by atoms with Crippen molar-refractivity contribution in [2.24, 2.45) is 0 Å². The number of aryl methyl sites for hydroxylation is 1. The van der Waals surface area contributed by atoms with Gasteiger partial charge in [0.15, 0.2) is 0 Å². The molecule has 1 aromatic rings. The monoisotopic (exact) mass is 269 g/mol. The van der Waals surface area contributed by atoms with Crippen LogP contribution in [-0.4, -0.2) is 53.8 Å². The Morgan fingerprint density at radius 1 is 1.50 bits per heavy atom. The summed E-state index contributed by atoms with van der Waals surface area (Å²) in [4.78, 5) is 6.76. The fraction of sp³-hybridized carbons (Fsp3) is 0.769. The van der Waals surface area contributed by atoms with Crippen LogP contribution < -0.4 is 5.32 Å². The van der Waals surface area contributed by atoms with Crippen molar-refractivity contribution in [2.75, 3.05) is 32.7 Å². The quantitative estimate of drug-likeness (QED) is 0.726. The third-order valence-corrected chi connectivity index (χ3v) is 4.09. The van der Waals surface area contributed by atoms with Crippen molar-refractivity contribution in [3.05, 3.63) is 16.1 Å². The Kier molecular flexibility index (Phi) is 5.56. The van der Waals surface area contributed by atoms with Crippen LogP contribution in [-0.2, 0) is 6.42 Å². The molecule has 1 fully saturated rings. The van der Waals surface area contributed by atoms with Gasteiger partial charge in [0.05, 0.1) is 16.8 Å². The first-order valence-corrected chi connectivity index (χ1v) is 7.64. The van der Waals surface area contributed by atoms with Crippen molar-refractivity contribution in [3.8, 4) is 0 Å². The molecule has 2 rings (SSSR count). The number of aliphatic hydroxyl groups excluding tert-OH is 1. The Bertz CT molecular complexity index is 350. The van der Waals surface area contributed by atoms with Crippen LogP contribution >= 0.6 is 11.3 Å². The molecule has 18 heavy (non-hydrogen) atoms. The molecular formula is C13H23N3OS. The molecule has 0 aromatic carbocycles. The first-order valence-electron chi connectivity index (χ1n) is 6.76. The van der Waals surface area contributed by atoms with Crippen molar-refractivity contribution in [1.82, 2.24) is 15.2 Å². The van der Waals surface area contributed by atoms with Gasteiger partial charge in [0.25, 0.3) is 0 Å². The summed E-state index contributed by atoms with van der Waals surface area (Å²) in [5.41, 5.74) is 1.15. The van der Waals surface area contributed by atoms with Gasteiger partial charge in [0, 0.05) is 31.4 Å². The fourth-order valence-electron chi connectivity index (χ4n) is 2.34. The van der Waals surface area contributed by atoms with E-state index in [-0.39, 0.29) is 6.10 Å². The molecule has 1 saturated heterocycles. The van der Waals surface area contributed by atoms with Crippen molar-refractivity contribution in [2.45, 2.75) is 32.3 Å². The standard InChI is InChI=1S/C13H23N3OS/c1-11-15-12(10-18-11)4-5-14-8-13(17)9-16-6-2-3-7-16/h10,13-14,17H,2-9H2,1H3. The van der Waals surface area contributed by atoms with Gasteiger partial charge in [-0.2, -0.15) is 0 Å². The Labute approximate surface area is 113 Å². The number of thiazole rings is 1. The minimum absolute atomic E-state index is 0.250. The van der Waals surface area contributed by atoms with E-state index >= 15 is 0 Å². The minimum Gasteiger partial charge on any atom is -0.390 e. The Morgan fingerprint density at radius 2 is 2.28 bits per heavy atom. The number of hydrogen-bond acceptors (Lipinski definition) is 5. The molecular weight excluding hydrogens is 246 g/mol. The summed E-state index contributed by atoms with van der Waals surface area (Å²) in [6.45, 7) is 6.70. The average Bonchev–Trinajstić information content (AvgIpc) is 2.96. The number of likely N-dealkylation sites (tertiary alicyclic amines) is 1.